The van der Waals surface area contributed by atoms with Gasteiger partial charge in [0.05, 0.1) is 11.2 Å². The molecule has 0 aromatic heterocycles. The van der Waals surface area contributed by atoms with E-state index in [9.17, 15) is 4.79 Å². The molecule has 0 aromatic rings. The molecule has 0 fully saturated rings. The van der Waals surface area contributed by atoms with Crippen LogP contribution in [0, 0.1) is 0 Å². The van der Waals surface area contributed by atoms with Crippen molar-refractivity contribution in [3.63, 3.8) is 0 Å². The molecule has 0 N–H and O–H groups in total. The summed E-state index contributed by atoms with van der Waals surface area (Å²) in [5, 5.41) is 0. The summed E-state index contributed by atoms with van der Waals surface area (Å²) in [6.07, 6.45) is -0.538. The summed E-state index contributed by atoms with van der Waals surface area (Å²) in [5.41, 5.74) is -0.674. The lowest BCUT2D eigenvalue weighted by atomic mass is 10.2. The van der Waals surface area contributed by atoms with E-state index in [2.05, 4.69) is 0 Å². The average Bonchev–Trinajstić information content (AvgIpc) is 1.93. The van der Waals surface area contributed by atoms with Gasteiger partial charge >= 0.3 is 5.97 Å². The number of carbonyl (C=O) groups is 1. The fourth-order valence-electron chi connectivity index (χ4n) is 1.07. The van der Waals surface area contributed by atoms with Crippen molar-refractivity contribution >= 4 is 5.97 Å². The van der Waals surface area contributed by atoms with Crippen molar-refractivity contribution in [2.45, 2.75) is 66.0 Å². The third-order valence-electron chi connectivity index (χ3n) is 1.39. The Morgan fingerprint density at radius 1 is 1.00 bits per heavy atom. The lowest BCUT2D eigenvalue weighted by Crippen LogP contribution is -2.38. The van der Waals surface area contributed by atoms with Crippen molar-refractivity contribution in [3.05, 3.63) is 0 Å². The highest BCUT2D eigenvalue weighted by Gasteiger charge is 2.25. The monoisotopic (exact) mass is 232 g/mol. The van der Waals surface area contributed by atoms with E-state index in [0.29, 0.717) is 0 Å². The molecule has 0 aromatic carbocycles. The highest BCUT2D eigenvalue weighted by Crippen LogP contribution is 2.18. The summed E-state index contributed by atoms with van der Waals surface area (Å²) in [6, 6.07) is 0. The van der Waals surface area contributed by atoms with Crippen molar-refractivity contribution < 1.29 is 19.0 Å². The number of carbonyl (C=O) groups excluding carboxylic acids is 1. The largest absolute Gasteiger partial charge is 0.460 e. The molecule has 4 nitrogen and oxygen atoms in total. The Morgan fingerprint density at radius 3 is 1.62 bits per heavy atom. The summed E-state index contributed by atoms with van der Waals surface area (Å²) in [4.78, 5) is 10.7. The van der Waals surface area contributed by atoms with Gasteiger partial charge in [-0.05, 0) is 41.5 Å². The molecule has 0 aliphatic rings. The SMILES string of the molecule is CC(=O)OCC(OC(C)(C)C)OC(C)(C)C. The maximum absolute atomic E-state index is 10.7. The molecule has 0 saturated heterocycles. The Kier molecular flexibility index (Phi) is 5.42. The summed E-state index contributed by atoms with van der Waals surface area (Å²) >= 11 is 0. The molecular formula is C12H24O4. The van der Waals surface area contributed by atoms with Gasteiger partial charge in [0.2, 0.25) is 0 Å². The van der Waals surface area contributed by atoms with Gasteiger partial charge in [-0.15, -0.1) is 0 Å². The number of rotatable bonds is 4. The van der Waals surface area contributed by atoms with Crippen molar-refractivity contribution in [1.82, 2.24) is 0 Å². The van der Waals surface area contributed by atoms with Crippen LogP contribution in [0.5, 0.6) is 0 Å². The maximum Gasteiger partial charge on any atom is 0.302 e. The van der Waals surface area contributed by atoms with Crippen LogP contribution in [0.3, 0.4) is 0 Å². The first kappa shape index (κ1) is 15.4. The molecule has 0 radical (unpaired) electrons. The molecule has 0 rings (SSSR count). The van der Waals surface area contributed by atoms with E-state index in [0.717, 1.165) is 0 Å². The van der Waals surface area contributed by atoms with Gasteiger partial charge in [-0.25, -0.2) is 0 Å². The van der Waals surface area contributed by atoms with Gasteiger partial charge in [0.1, 0.15) is 6.61 Å². The molecule has 0 saturated carbocycles. The fraction of sp³-hybridized carbons (Fsp3) is 0.917. The second-order valence-corrected chi connectivity index (χ2v) is 5.69. The van der Waals surface area contributed by atoms with Gasteiger partial charge in [0, 0.05) is 6.92 Å². The first-order valence-electron chi connectivity index (χ1n) is 5.48. The minimum Gasteiger partial charge on any atom is -0.460 e. The predicted octanol–water partition coefficient (Wildman–Crippen LogP) is 2.51. The zero-order valence-corrected chi connectivity index (χ0v) is 11.4. The van der Waals surface area contributed by atoms with Crippen LogP contribution in [0.25, 0.3) is 0 Å². The number of hydrogen-bond acceptors (Lipinski definition) is 4. The first-order valence-corrected chi connectivity index (χ1v) is 5.48. The molecule has 96 valence electrons. The molecule has 0 heterocycles. The topological polar surface area (TPSA) is 44.8 Å². The second-order valence-electron chi connectivity index (χ2n) is 5.69. The van der Waals surface area contributed by atoms with Gasteiger partial charge in [0.25, 0.3) is 0 Å². The minimum absolute atomic E-state index is 0.115. The Bertz CT molecular complexity index is 206. The molecule has 0 amide bonds. The lowest BCUT2D eigenvalue weighted by Gasteiger charge is -2.32. The molecule has 0 unspecified atom stereocenters. The highest BCUT2D eigenvalue weighted by molar-refractivity contribution is 5.65. The zero-order chi connectivity index (χ0) is 13.0. The zero-order valence-electron chi connectivity index (χ0n) is 11.4. The molecule has 16 heavy (non-hydrogen) atoms. The Balaban J connectivity index is 4.33. The van der Waals surface area contributed by atoms with Crippen LogP contribution in [0.2, 0.25) is 0 Å². The van der Waals surface area contributed by atoms with Gasteiger partial charge < -0.3 is 14.2 Å². The lowest BCUT2D eigenvalue weighted by molar-refractivity contribution is -0.249. The third-order valence-corrected chi connectivity index (χ3v) is 1.39. The van der Waals surface area contributed by atoms with Gasteiger partial charge in [-0.1, -0.05) is 0 Å². The van der Waals surface area contributed by atoms with Gasteiger partial charge in [-0.2, -0.15) is 0 Å². The summed E-state index contributed by atoms with van der Waals surface area (Å²) in [6.45, 7) is 13.1. The van der Waals surface area contributed by atoms with Crippen LogP contribution in [0.4, 0.5) is 0 Å². The predicted molar refractivity (Wildman–Crippen MR) is 62.1 cm³/mol. The highest BCUT2D eigenvalue weighted by atomic mass is 16.7. The smallest absolute Gasteiger partial charge is 0.302 e. The first-order chi connectivity index (χ1) is 6.99. The van der Waals surface area contributed by atoms with Crippen LogP contribution in [0.1, 0.15) is 48.5 Å². The Hall–Kier alpha value is -0.610. The van der Waals surface area contributed by atoms with Gasteiger partial charge in [-0.3, -0.25) is 4.79 Å². The standard InChI is InChI=1S/C12H24O4/c1-9(13)14-8-10(15-11(2,3)4)16-12(5,6)7/h10H,8H2,1-7H3. The van der Waals surface area contributed by atoms with E-state index in [1.807, 2.05) is 41.5 Å². The third kappa shape index (κ3) is 9.93. The van der Waals surface area contributed by atoms with Gasteiger partial charge in [0.15, 0.2) is 6.29 Å². The van der Waals surface area contributed by atoms with Crippen LogP contribution in [-0.2, 0) is 19.0 Å². The molecule has 4 heteroatoms. The normalized spacial score (nSPS) is 13.0. The van der Waals surface area contributed by atoms with E-state index in [1.54, 1.807) is 0 Å². The molecule has 0 spiro atoms. The van der Waals surface area contributed by atoms with E-state index in [-0.39, 0.29) is 23.8 Å². The fourth-order valence-corrected chi connectivity index (χ4v) is 1.07. The number of esters is 1. The number of hydrogen-bond donors (Lipinski definition) is 0. The van der Waals surface area contributed by atoms with Crippen LogP contribution in [-0.4, -0.2) is 30.1 Å². The molecule has 0 atom stereocenters. The van der Waals surface area contributed by atoms with Crippen LogP contribution >= 0.6 is 0 Å². The van der Waals surface area contributed by atoms with Crippen LogP contribution < -0.4 is 0 Å². The quantitative estimate of drug-likeness (QED) is 0.552. The summed E-state index contributed by atoms with van der Waals surface area (Å²) in [5.74, 6) is -0.333. The summed E-state index contributed by atoms with van der Waals surface area (Å²) < 4.78 is 16.2. The Labute approximate surface area is 98.3 Å². The van der Waals surface area contributed by atoms with Crippen molar-refractivity contribution in [1.29, 1.82) is 0 Å². The second kappa shape index (κ2) is 5.64. The van der Waals surface area contributed by atoms with E-state index < -0.39 is 6.29 Å². The minimum atomic E-state index is -0.538. The van der Waals surface area contributed by atoms with Crippen molar-refractivity contribution in [3.8, 4) is 0 Å². The maximum atomic E-state index is 10.7. The molecule has 0 aliphatic carbocycles. The molecular weight excluding hydrogens is 208 g/mol. The molecule has 0 aliphatic heterocycles. The van der Waals surface area contributed by atoms with Crippen molar-refractivity contribution in [2.24, 2.45) is 0 Å². The Morgan fingerprint density at radius 2 is 1.38 bits per heavy atom. The van der Waals surface area contributed by atoms with E-state index in [1.165, 1.54) is 6.92 Å². The average molecular weight is 232 g/mol. The van der Waals surface area contributed by atoms with E-state index >= 15 is 0 Å². The number of ether oxygens (including phenoxy) is 3. The van der Waals surface area contributed by atoms with Crippen LogP contribution in [0.15, 0.2) is 0 Å². The summed E-state index contributed by atoms with van der Waals surface area (Å²) in [7, 11) is 0. The molecule has 0 bridgehead atoms. The van der Waals surface area contributed by atoms with E-state index in [4.69, 9.17) is 14.2 Å². The van der Waals surface area contributed by atoms with Crippen molar-refractivity contribution in [2.75, 3.05) is 6.61 Å².